The van der Waals surface area contributed by atoms with E-state index in [1.165, 1.54) is 7.11 Å². The summed E-state index contributed by atoms with van der Waals surface area (Å²) < 4.78 is 33.1. The minimum Gasteiger partial charge on any atom is -0.465 e. The SMILES string of the molecule is COC(=O)c1scc(C)c1NS(=O)(=O)NC1CC1. The monoisotopic (exact) mass is 290 g/mol. The molecule has 8 heteroatoms. The number of carbonyl (C=O) groups is 1. The smallest absolute Gasteiger partial charge is 0.350 e. The second kappa shape index (κ2) is 4.87. The summed E-state index contributed by atoms with van der Waals surface area (Å²) in [6.07, 6.45) is 1.71. The molecule has 2 rings (SSSR count). The standard InChI is InChI=1S/C10H14N2O4S2/c1-6-5-17-9(10(13)16-2)8(6)12-18(14,15)11-7-3-4-7/h5,7,11-12H,3-4H2,1-2H3. The molecule has 0 aromatic carbocycles. The number of methoxy groups -OCH3 is 1. The summed E-state index contributed by atoms with van der Waals surface area (Å²) in [6.45, 7) is 1.73. The molecule has 1 aromatic heterocycles. The van der Waals surface area contributed by atoms with E-state index in [4.69, 9.17) is 0 Å². The molecule has 1 aliphatic rings. The van der Waals surface area contributed by atoms with Gasteiger partial charge in [-0.05, 0) is 30.7 Å². The van der Waals surface area contributed by atoms with E-state index in [-0.39, 0.29) is 10.9 Å². The molecule has 0 aliphatic heterocycles. The molecule has 1 aromatic rings. The van der Waals surface area contributed by atoms with E-state index in [0.29, 0.717) is 11.3 Å². The van der Waals surface area contributed by atoms with Crippen LogP contribution in [-0.4, -0.2) is 27.5 Å². The van der Waals surface area contributed by atoms with E-state index in [0.717, 1.165) is 24.2 Å². The molecule has 2 N–H and O–H groups in total. The number of esters is 1. The highest BCUT2D eigenvalue weighted by atomic mass is 32.2. The highest BCUT2D eigenvalue weighted by Gasteiger charge is 2.28. The first-order valence-electron chi connectivity index (χ1n) is 5.39. The zero-order valence-electron chi connectivity index (χ0n) is 10.0. The van der Waals surface area contributed by atoms with Gasteiger partial charge in [0.25, 0.3) is 10.2 Å². The minimum atomic E-state index is -3.63. The van der Waals surface area contributed by atoms with Crippen LogP contribution in [0.5, 0.6) is 0 Å². The van der Waals surface area contributed by atoms with Crippen LogP contribution in [0.3, 0.4) is 0 Å². The van der Waals surface area contributed by atoms with E-state index < -0.39 is 16.2 Å². The lowest BCUT2D eigenvalue weighted by Gasteiger charge is -2.09. The van der Waals surface area contributed by atoms with Gasteiger partial charge in [0.1, 0.15) is 4.88 Å². The Morgan fingerprint density at radius 2 is 2.17 bits per heavy atom. The van der Waals surface area contributed by atoms with Gasteiger partial charge in [-0.25, -0.2) is 4.79 Å². The normalized spacial score (nSPS) is 15.4. The third-order valence-corrected chi connectivity index (χ3v) is 4.68. The van der Waals surface area contributed by atoms with Crippen LogP contribution >= 0.6 is 11.3 Å². The third-order valence-electron chi connectivity index (χ3n) is 2.48. The van der Waals surface area contributed by atoms with Crippen LogP contribution in [0.2, 0.25) is 0 Å². The second-order valence-electron chi connectivity index (χ2n) is 4.11. The first kappa shape index (κ1) is 13.3. The van der Waals surface area contributed by atoms with Gasteiger partial charge in [0.2, 0.25) is 0 Å². The zero-order chi connectivity index (χ0) is 13.3. The molecule has 1 heterocycles. The van der Waals surface area contributed by atoms with Crippen LogP contribution < -0.4 is 9.44 Å². The van der Waals surface area contributed by atoms with Gasteiger partial charge in [0.15, 0.2) is 0 Å². The number of hydrogen-bond donors (Lipinski definition) is 2. The van der Waals surface area contributed by atoms with E-state index in [1.54, 1.807) is 12.3 Å². The van der Waals surface area contributed by atoms with Crippen molar-refractivity contribution in [3.05, 3.63) is 15.8 Å². The minimum absolute atomic E-state index is 0.0167. The lowest BCUT2D eigenvalue weighted by atomic mass is 10.3. The molecule has 0 radical (unpaired) electrons. The van der Waals surface area contributed by atoms with Crippen molar-refractivity contribution in [3.63, 3.8) is 0 Å². The van der Waals surface area contributed by atoms with Gasteiger partial charge in [-0.3, -0.25) is 4.72 Å². The van der Waals surface area contributed by atoms with Crippen molar-refractivity contribution in [2.24, 2.45) is 0 Å². The maximum Gasteiger partial charge on any atom is 0.350 e. The van der Waals surface area contributed by atoms with Crippen LogP contribution in [0, 0.1) is 6.92 Å². The van der Waals surface area contributed by atoms with Crippen LogP contribution in [0.15, 0.2) is 5.38 Å². The Bertz CT molecular complexity index is 560. The molecule has 0 atom stereocenters. The molecule has 1 saturated carbocycles. The van der Waals surface area contributed by atoms with Crippen molar-refractivity contribution in [1.29, 1.82) is 0 Å². The number of anilines is 1. The maximum absolute atomic E-state index is 11.8. The van der Waals surface area contributed by atoms with Crippen LogP contribution in [-0.2, 0) is 14.9 Å². The average Bonchev–Trinajstić information content (AvgIpc) is 3.03. The molecule has 0 bridgehead atoms. The number of aryl methyl sites for hydroxylation is 1. The molecular formula is C10H14N2O4S2. The number of ether oxygens (including phenoxy) is 1. The summed E-state index contributed by atoms with van der Waals surface area (Å²) in [5.41, 5.74) is 0.988. The Labute approximate surface area is 110 Å². The van der Waals surface area contributed by atoms with Crippen molar-refractivity contribution in [3.8, 4) is 0 Å². The van der Waals surface area contributed by atoms with Gasteiger partial charge in [0.05, 0.1) is 12.8 Å². The van der Waals surface area contributed by atoms with Gasteiger partial charge < -0.3 is 4.74 Å². The Kier molecular flexibility index (Phi) is 3.60. The lowest BCUT2D eigenvalue weighted by molar-refractivity contribution is 0.0607. The van der Waals surface area contributed by atoms with Gasteiger partial charge in [-0.1, -0.05) is 0 Å². The van der Waals surface area contributed by atoms with Crippen LogP contribution in [0.4, 0.5) is 5.69 Å². The molecule has 1 aliphatic carbocycles. The summed E-state index contributed by atoms with van der Waals surface area (Å²) in [4.78, 5) is 11.8. The molecule has 100 valence electrons. The van der Waals surface area contributed by atoms with Crippen molar-refractivity contribution in [1.82, 2.24) is 4.72 Å². The van der Waals surface area contributed by atoms with Crippen molar-refractivity contribution in [2.45, 2.75) is 25.8 Å². The van der Waals surface area contributed by atoms with Gasteiger partial charge in [0, 0.05) is 6.04 Å². The largest absolute Gasteiger partial charge is 0.465 e. The fourth-order valence-electron chi connectivity index (χ4n) is 1.40. The molecular weight excluding hydrogens is 276 g/mol. The Morgan fingerprint density at radius 3 is 2.72 bits per heavy atom. The topological polar surface area (TPSA) is 84.5 Å². The quantitative estimate of drug-likeness (QED) is 0.799. The van der Waals surface area contributed by atoms with Gasteiger partial charge in [-0.15, -0.1) is 11.3 Å². The molecule has 0 amide bonds. The molecule has 0 spiro atoms. The molecule has 0 saturated heterocycles. The summed E-state index contributed by atoms with van der Waals surface area (Å²) in [5, 5.41) is 1.71. The van der Waals surface area contributed by atoms with Crippen LogP contribution in [0.1, 0.15) is 28.1 Å². The Morgan fingerprint density at radius 1 is 1.50 bits per heavy atom. The number of nitrogens with one attached hydrogen (secondary N) is 2. The number of hydrogen-bond acceptors (Lipinski definition) is 5. The van der Waals surface area contributed by atoms with Crippen molar-refractivity contribution >= 4 is 33.2 Å². The summed E-state index contributed by atoms with van der Waals surface area (Å²) >= 11 is 1.15. The third kappa shape index (κ3) is 3.01. The fraction of sp³-hybridized carbons (Fsp3) is 0.500. The summed E-state index contributed by atoms with van der Waals surface area (Å²) in [7, 11) is -2.37. The number of rotatable bonds is 5. The average molecular weight is 290 g/mol. The summed E-state index contributed by atoms with van der Waals surface area (Å²) in [5.74, 6) is -0.544. The van der Waals surface area contributed by atoms with Crippen molar-refractivity contribution in [2.75, 3.05) is 11.8 Å². The molecule has 0 unspecified atom stereocenters. The van der Waals surface area contributed by atoms with E-state index >= 15 is 0 Å². The lowest BCUT2D eigenvalue weighted by Crippen LogP contribution is -2.32. The molecule has 18 heavy (non-hydrogen) atoms. The molecule has 6 nitrogen and oxygen atoms in total. The van der Waals surface area contributed by atoms with E-state index in [2.05, 4.69) is 14.2 Å². The number of carbonyl (C=O) groups excluding carboxylic acids is 1. The first-order chi connectivity index (χ1) is 8.43. The van der Waals surface area contributed by atoms with Crippen LogP contribution in [0.25, 0.3) is 0 Å². The maximum atomic E-state index is 11.8. The Hall–Kier alpha value is -1.12. The van der Waals surface area contributed by atoms with E-state index in [1.807, 2.05) is 0 Å². The second-order valence-corrected chi connectivity index (χ2v) is 6.44. The number of thiophene rings is 1. The Balaban J connectivity index is 2.22. The van der Waals surface area contributed by atoms with Gasteiger partial charge in [-0.2, -0.15) is 13.1 Å². The zero-order valence-corrected chi connectivity index (χ0v) is 11.7. The molecule has 1 fully saturated rings. The first-order valence-corrected chi connectivity index (χ1v) is 7.75. The highest BCUT2D eigenvalue weighted by molar-refractivity contribution is 7.90. The van der Waals surface area contributed by atoms with Crippen molar-refractivity contribution < 1.29 is 17.9 Å². The van der Waals surface area contributed by atoms with Gasteiger partial charge >= 0.3 is 5.97 Å². The predicted molar refractivity (Wildman–Crippen MR) is 69.1 cm³/mol. The summed E-state index contributed by atoms with van der Waals surface area (Å²) in [6, 6.07) is 0.0167. The van der Waals surface area contributed by atoms with E-state index in [9.17, 15) is 13.2 Å². The fourth-order valence-corrected chi connectivity index (χ4v) is 3.65. The highest BCUT2D eigenvalue weighted by Crippen LogP contribution is 2.29. The predicted octanol–water partition coefficient (Wildman–Crippen LogP) is 1.25.